The Morgan fingerprint density at radius 2 is 1.43 bits per heavy atom. The van der Waals surface area contributed by atoms with Crippen LogP contribution in [0.5, 0.6) is 11.5 Å². The Morgan fingerprint density at radius 1 is 0.804 bits per heavy atom. The zero-order valence-electron chi connectivity index (χ0n) is 28.8. The second-order valence-corrected chi connectivity index (χ2v) is 14.5. The van der Waals surface area contributed by atoms with E-state index in [1.807, 2.05) is 60.0 Å². The Balaban J connectivity index is 0.880. The van der Waals surface area contributed by atoms with Crippen molar-refractivity contribution >= 4 is 45.5 Å². The number of amides is 2. The molecule has 2 amide bonds. The van der Waals surface area contributed by atoms with E-state index < -0.39 is 0 Å². The summed E-state index contributed by atoms with van der Waals surface area (Å²) in [6.07, 6.45) is 9.72. The Hall–Kier alpha value is -5.44. The van der Waals surface area contributed by atoms with Gasteiger partial charge in [0.05, 0.1) is 23.9 Å². The lowest BCUT2D eigenvalue weighted by molar-refractivity contribution is -0.121. The molecule has 4 fully saturated rings. The van der Waals surface area contributed by atoms with Crippen LogP contribution in [0.25, 0.3) is 21.8 Å². The van der Waals surface area contributed by atoms with Gasteiger partial charge in [0, 0.05) is 16.5 Å². The quantitative estimate of drug-likeness (QED) is 0.0871. The summed E-state index contributed by atoms with van der Waals surface area (Å²) >= 11 is 0. The SMILES string of the molecule is CCOc1cc(/C=N/NC(=O)Cn2c3ccccc3c(=O)c3ccccc32)ccc1OCC(=O)Nc1ccc(C23CC4CC(CC(C4)C2)C3)cc1. The zero-order valence-corrected chi connectivity index (χ0v) is 28.8. The molecule has 4 bridgehead atoms. The highest BCUT2D eigenvalue weighted by molar-refractivity contribution is 5.95. The highest BCUT2D eigenvalue weighted by Gasteiger charge is 2.51. The van der Waals surface area contributed by atoms with Gasteiger partial charge in [-0.05, 0) is 134 Å². The van der Waals surface area contributed by atoms with Gasteiger partial charge in [0.1, 0.15) is 6.54 Å². The van der Waals surface area contributed by atoms with Gasteiger partial charge in [0.2, 0.25) is 0 Å². The average molecular weight is 683 g/mol. The molecule has 1 heterocycles. The van der Waals surface area contributed by atoms with Gasteiger partial charge in [-0.3, -0.25) is 14.4 Å². The first-order valence-corrected chi connectivity index (χ1v) is 18.0. The maximum Gasteiger partial charge on any atom is 0.262 e. The maximum absolute atomic E-state index is 13.0. The fraction of sp³-hybridized carbons (Fsp3) is 0.333. The summed E-state index contributed by atoms with van der Waals surface area (Å²) in [5, 5.41) is 8.24. The highest BCUT2D eigenvalue weighted by Crippen LogP contribution is 2.60. The molecule has 1 aromatic heterocycles. The third-order valence-corrected chi connectivity index (χ3v) is 11.0. The number of rotatable bonds is 11. The fourth-order valence-electron chi connectivity index (χ4n) is 9.31. The lowest BCUT2D eigenvalue weighted by Gasteiger charge is -2.57. The summed E-state index contributed by atoms with van der Waals surface area (Å²) in [7, 11) is 0. The Kier molecular flexibility index (Phi) is 8.80. The van der Waals surface area contributed by atoms with Gasteiger partial charge in [0.15, 0.2) is 23.5 Å². The first-order chi connectivity index (χ1) is 24.9. The van der Waals surface area contributed by atoms with E-state index in [1.165, 1.54) is 50.3 Å². The number of anilines is 1. The number of pyridine rings is 1. The van der Waals surface area contributed by atoms with Crippen molar-refractivity contribution in [3.05, 3.63) is 112 Å². The van der Waals surface area contributed by atoms with E-state index in [1.54, 1.807) is 30.3 Å². The molecule has 4 aliphatic rings. The summed E-state index contributed by atoms with van der Waals surface area (Å²) in [6.45, 7) is 2.07. The van der Waals surface area contributed by atoms with Crippen molar-refractivity contribution in [2.24, 2.45) is 22.9 Å². The monoisotopic (exact) mass is 682 g/mol. The van der Waals surface area contributed by atoms with E-state index in [4.69, 9.17) is 9.47 Å². The highest BCUT2D eigenvalue weighted by atomic mass is 16.5. The first-order valence-electron chi connectivity index (χ1n) is 18.0. The van der Waals surface area contributed by atoms with Gasteiger partial charge in [0.25, 0.3) is 11.8 Å². The van der Waals surface area contributed by atoms with Gasteiger partial charge >= 0.3 is 0 Å². The summed E-state index contributed by atoms with van der Waals surface area (Å²) in [5.41, 5.74) is 7.08. The van der Waals surface area contributed by atoms with E-state index in [-0.39, 0.29) is 30.4 Å². The molecule has 5 aromatic rings. The van der Waals surface area contributed by atoms with E-state index in [0.29, 0.717) is 50.9 Å². The van der Waals surface area contributed by atoms with E-state index in [0.717, 1.165) is 23.4 Å². The molecule has 0 radical (unpaired) electrons. The molecule has 4 aromatic carbocycles. The summed E-state index contributed by atoms with van der Waals surface area (Å²) in [6, 6.07) is 28.3. The van der Waals surface area contributed by atoms with Gasteiger partial charge in [-0.25, -0.2) is 5.43 Å². The zero-order chi connectivity index (χ0) is 35.0. The number of fused-ring (bicyclic) bond motifs is 2. The Bertz CT molecular complexity index is 2110. The minimum atomic E-state index is -0.344. The average Bonchev–Trinajstić information content (AvgIpc) is 3.13. The molecule has 0 atom stereocenters. The van der Waals surface area contributed by atoms with Crippen LogP contribution in [0.4, 0.5) is 5.69 Å². The molecule has 4 saturated carbocycles. The molecule has 0 unspecified atom stereocenters. The molecule has 0 spiro atoms. The number of ether oxygens (including phenoxy) is 2. The standard InChI is InChI=1S/C42H42N4O5/c1-2-50-38-20-27(24-43-45-39(47)25-46-35-9-5-3-7-33(35)41(49)34-8-4-6-10-36(34)46)11-16-37(38)51-26-40(48)44-32-14-12-31(13-15-32)42-21-28-17-29(22-42)19-30(18-28)23-42/h3-16,20,24,28-30H,2,17-19,21-23,25-26H2,1H3,(H,44,48)(H,45,47)/b43-24+. The number of hydrogen-bond donors (Lipinski definition) is 2. The third kappa shape index (κ3) is 6.60. The largest absolute Gasteiger partial charge is 0.490 e. The Morgan fingerprint density at radius 3 is 2.06 bits per heavy atom. The van der Waals surface area contributed by atoms with Crippen molar-refractivity contribution in [3.63, 3.8) is 0 Å². The molecule has 9 heteroatoms. The van der Waals surface area contributed by atoms with E-state index >= 15 is 0 Å². The van der Waals surface area contributed by atoms with Crippen LogP contribution in [0.2, 0.25) is 0 Å². The maximum atomic E-state index is 13.0. The number of carbonyl (C=O) groups excluding carboxylic acids is 2. The number of aromatic nitrogens is 1. The molecule has 2 N–H and O–H groups in total. The second kappa shape index (κ2) is 13.7. The minimum absolute atomic E-state index is 0.0239. The van der Waals surface area contributed by atoms with Crippen LogP contribution in [-0.4, -0.2) is 35.8 Å². The lowest BCUT2D eigenvalue weighted by atomic mass is 9.48. The summed E-state index contributed by atoms with van der Waals surface area (Å²) in [5.74, 6) is 2.97. The normalized spacial score (nSPS) is 22.0. The van der Waals surface area contributed by atoms with Crippen LogP contribution in [-0.2, 0) is 21.5 Å². The van der Waals surface area contributed by atoms with Crippen LogP contribution in [0.3, 0.4) is 0 Å². The van der Waals surface area contributed by atoms with Crippen LogP contribution >= 0.6 is 0 Å². The molecule has 0 aliphatic heterocycles. The van der Waals surface area contributed by atoms with Crippen molar-refractivity contribution < 1.29 is 19.1 Å². The number of hydrazone groups is 1. The number of benzene rings is 4. The van der Waals surface area contributed by atoms with Crippen LogP contribution in [0.15, 0.2) is 101 Å². The number of carbonyl (C=O) groups is 2. The van der Waals surface area contributed by atoms with Crippen LogP contribution in [0.1, 0.15) is 56.6 Å². The molecule has 51 heavy (non-hydrogen) atoms. The topological polar surface area (TPSA) is 111 Å². The lowest BCUT2D eigenvalue weighted by Crippen LogP contribution is -2.48. The second-order valence-electron chi connectivity index (χ2n) is 14.5. The van der Waals surface area contributed by atoms with Gasteiger partial charge in [-0.15, -0.1) is 0 Å². The molecule has 0 saturated heterocycles. The van der Waals surface area contributed by atoms with Gasteiger partial charge in [-0.2, -0.15) is 5.10 Å². The van der Waals surface area contributed by atoms with Crippen molar-refractivity contribution in [1.82, 2.24) is 9.99 Å². The Labute approximate surface area is 296 Å². The summed E-state index contributed by atoms with van der Waals surface area (Å²) in [4.78, 5) is 38.9. The number of hydrogen-bond acceptors (Lipinski definition) is 6. The van der Waals surface area contributed by atoms with E-state index in [9.17, 15) is 14.4 Å². The van der Waals surface area contributed by atoms with Crippen molar-refractivity contribution in [2.45, 2.75) is 57.4 Å². The van der Waals surface area contributed by atoms with Crippen molar-refractivity contribution in [2.75, 3.05) is 18.5 Å². The fourth-order valence-corrected chi connectivity index (χ4v) is 9.31. The molecule has 4 aliphatic carbocycles. The molecular formula is C42H42N4O5. The van der Waals surface area contributed by atoms with Gasteiger partial charge < -0.3 is 19.4 Å². The van der Waals surface area contributed by atoms with Crippen LogP contribution in [0, 0.1) is 17.8 Å². The summed E-state index contributed by atoms with van der Waals surface area (Å²) < 4.78 is 13.5. The predicted molar refractivity (Wildman–Crippen MR) is 199 cm³/mol. The smallest absolute Gasteiger partial charge is 0.262 e. The molecule has 9 nitrogen and oxygen atoms in total. The number of nitrogens with one attached hydrogen (secondary N) is 2. The van der Waals surface area contributed by atoms with Crippen molar-refractivity contribution in [1.29, 1.82) is 0 Å². The van der Waals surface area contributed by atoms with Crippen LogP contribution < -0.4 is 25.6 Å². The third-order valence-electron chi connectivity index (χ3n) is 11.0. The molecular weight excluding hydrogens is 640 g/mol. The number of para-hydroxylation sites is 2. The van der Waals surface area contributed by atoms with Gasteiger partial charge in [-0.1, -0.05) is 36.4 Å². The minimum Gasteiger partial charge on any atom is -0.490 e. The number of nitrogens with zero attached hydrogens (tertiary/aromatic N) is 2. The van der Waals surface area contributed by atoms with Crippen molar-refractivity contribution in [3.8, 4) is 11.5 Å². The molecule has 260 valence electrons. The predicted octanol–water partition coefficient (Wildman–Crippen LogP) is 7.19. The first kappa shape index (κ1) is 32.7. The van der Waals surface area contributed by atoms with E-state index in [2.05, 4.69) is 28.0 Å². The molecule has 9 rings (SSSR count).